The van der Waals surface area contributed by atoms with E-state index in [0.717, 1.165) is 0 Å². The van der Waals surface area contributed by atoms with Crippen LogP contribution >= 0.6 is 15.9 Å². The minimum atomic E-state index is -3.66. The molecule has 1 aromatic heterocycles. The Kier molecular flexibility index (Phi) is 5.87. The molecule has 0 aliphatic carbocycles. The molecule has 2 heterocycles. The fourth-order valence-corrected chi connectivity index (χ4v) is 4.81. The second-order valence-electron chi connectivity index (χ2n) is 6.27. The summed E-state index contributed by atoms with van der Waals surface area (Å²) in [4.78, 5) is 18.6. The van der Waals surface area contributed by atoms with Crippen LogP contribution in [0, 0.1) is 0 Å². The number of rotatable bonds is 4. The molecule has 0 N–H and O–H groups in total. The summed E-state index contributed by atoms with van der Waals surface area (Å²) in [5.74, 6) is 0.439. The molecule has 0 atom stereocenters. The lowest BCUT2D eigenvalue weighted by Gasteiger charge is -2.22. The smallest absolute Gasteiger partial charge is 0.262 e. The van der Waals surface area contributed by atoms with Gasteiger partial charge in [0.2, 0.25) is 0 Å². The molecule has 1 fully saturated rings. The van der Waals surface area contributed by atoms with Crippen molar-refractivity contribution in [2.75, 3.05) is 33.3 Å². The largest absolute Gasteiger partial charge is 0.497 e. The highest BCUT2D eigenvalue weighted by Crippen LogP contribution is 2.25. The zero-order valence-corrected chi connectivity index (χ0v) is 17.5. The molecule has 1 amide bonds. The molecule has 1 aliphatic rings. The number of sulfonamides is 1. The lowest BCUT2D eigenvalue weighted by molar-refractivity contribution is 0.0763. The van der Waals surface area contributed by atoms with E-state index in [2.05, 4.69) is 20.9 Å². The van der Waals surface area contributed by atoms with E-state index in [1.54, 1.807) is 41.8 Å². The van der Waals surface area contributed by atoms with Crippen molar-refractivity contribution in [1.82, 2.24) is 18.8 Å². The van der Waals surface area contributed by atoms with Gasteiger partial charge in [0.05, 0.1) is 19.0 Å². The van der Waals surface area contributed by atoms with Gasteiger partial charge in [0.15, 0.2) is 5.03 Å². The molecule has 10 heteroatoms. The van der Waals surface area contributed by atoms with Gasteiger partial charge >= 0.3 is 0 Å². The number of aromatic nitrogens is 2. The number of hydrogen-bond donors (Lipinski definition) is 0. The lowest BCUT2D eigenvalue weighted by Crippen LogP contribution is -2.37. The number of imidazole rings is 1. The number of hydrogen-bond acceptors (Lipinski definition) is 5. The SMILES string of the molecule is COc1ccc(Br)c(C(=O)N2CCCN(S(=O)(=O)c3cn(C)cn3)CC2)c1. The number of carbonyl (C=O) groups excluding carboxylic acids is 1. The molecule has 27 heavy (non-hydrogen) atoms. The molecule has 0 unspecified atom stereocenters. The zero-order chi connectivity index (χ0) is 19.6. The Hall–Kier alpha value is -1.91. The Morgan fingerprint density at radius 1 is 1.22 bits per heavy atom. The standard InChI is InChI=1S/C17H21BrN4O4S/c1-20-11-16(19-12-20)27(24,25)22-7-3-6-21(8-9-22)17(23)14-10-13(26-2)4-5-15(14)18/h4-5,10-12H,3,6-9H2,1-2H3. The zero-order valence-electron chi connectivity index (χ0n) is 15.1. The van der Waals surface area contributed by atoms with Crippen LogP contribution in [-0.2, 0) is 17.1 Å². The fourth-order valence-electron chi connectivity index (χ4n) is 2.96. The number of halogens is 1. The summed E-state index contributed by atoms with van der Waals surface area (Å²) in [6.07, 6.45) is 3.50. The van der Waals surface area contributed by atoms with Crippen molar-refractivity contribution < 1.29 is 17.9 Å². The average Bonchev–Trinajstić information content (AvgIpc) is 2.94. The van der Waals surface area contributed by atoms with E-state index in [-0.39, 0.29) is 17.5 Å². The van der Waals surface area contributed by atoms with Gasteiger partial charge in [-0.25, -0.2) is 13.4 Å². The predicted molar refractivity (Wildman–Crippen MR) is 103 cm³/mol. The molecule has 1 aromatic carbocycles. The molecule has 1 saturated heterocycles. The summed E-state index contributed by atoms with van der Waals surface area (Å²) in [5.41, 5.74) is 0.496. The van der Waals surface area contributed by atoms with E-state index in [9.17, 15) is 13.2 Å². The number of benzene rings is 1. The monoisotopic (exact) mass is 456 g/mol. The minimum Gasteiger partial charge on any atom is -0.497 e. The topological polar surface area (TPSA) is 84.7 Å². The molecule has 8 nitrogen and oxygen atoms in total. The van der Waals surface area contributed by atoms with Gasteiger partial charge in [0, 0.05) is 43.9 Å². The molecule has 2 aromatic rings. The molecular weight excluding hydrogens is 436 g/mol. The van der Waals surface area contributed by atoms with Crippen molar-refractivity contribution >= 4 is 31.9 Å². The van der Waals surface area contributed by atoms with Gasteiger partial charge in [0.1, 0.15) is 5.75 Å². The first-order valence-electron chi connectivity index (χ1n) is 8.44. The number of nitrogens with zero attached hydrogens (tertiary/aromatic N) is 4. The van der Waals surface area contributed by atoms with E-state index < -0.39 is 10.0 Å². The highest BCUT2D eigenvalue weighted by molar-refractivity contribution is 9.10. The summed E-state index contributed by atoms with van der Waals surface area (Å²) in [6.45, 7) is 1.37. The van der Waals surface area contributed by atoms with E-state index in [1.165, 1.54) is 16.8 Å². The highest BCUT2D eigenvalue weighted by atomic mass is 79.9. The van der Waals surface area contributed by atoms with Crippen LogP contribution in [-0.4, -0.2) is 66.4 Å². The second-order valence-corrected chi connectivity index (χ2v) is 9.01. The Morgan fingerprint density at radius 3 is 2.67 bits per heavy atom. The molecule has 3 rings (SSSR count). The quantitative estimate of drug-likeness (QED) is 0.699. The summed E-state index contributed by atoms with van der Waals surface area (Å²) in [5, 5.41) is 0.0281. The third-order valence-electron chi connectivity index (χ3n) is 4.43. The maximum absolute atomic E-state index is 12.9. The van der Waals surface area contributed by atoms with Gasteiger partial charge in [0.25, 0.3) is 15.9 Å². The van der Waals surface area contributed by atoms with Gasteiger partial charge in [-0.15, -0.1) is 0 Å². The van der Waals surface area contributed by atoms with Crippen LogP contribution in [0.5, 0.6) is 5.75 Å². The van der Waals surface area contributed by atoms with Crippen molar-refractivity contribution in [2.24, 2.45) is 7.05 Å². The number of methoxy groups -OCH3 is 1. The van der Waals surface area contributed by atoms with Gasteiger partial charge in [-0.3, -0.25) is 4.79 Å². The van der Waals surface area contributed by atoms with Crippen LogP contribution in [0.2, 0.25) is 0 Å². The van der Waals surface area contributed by atoms with E-state index in [1.807, 2.05) is 0 Å². The molecule has 0 saturated carbocycles. The first-order valence-corrected chi connectivity index (χ1v) is 10.7. The molecule has 1 aliphatic heterocycles. The maximum Gasteiger partial charge on any atom is 0.262 e. The second kappa shape index (κ2) is 7.99. The normalized spacial score (nSPS) is 16.2. The van der Waals surface area contributed by atoms with Crippen LogP contribution in [0.15, 0.2) is 40.2 Å². The van der Waals surface area contributed by atoms with Crippen LogP contribution < -0.4 is 4.74 Å². The lowest BCUT2D eigenvalue weighted by atomic mass is 10.2. The van der Waals surface area contributed by atoms with E-state index >= 15 is 0 Å². The molecule has 0 bridgehead atoms. The summed E-state index contributed by atoms with van der Waals surface area (Å²) in [6, 6.07) is 5.21. The predicted octanol–water partition coefficient (Wildman–Crippen LogP) is 1.73. The number of ether oxygens (including phenoxy) is 1. The Balaban J connectivity index is 1.76. The van der Waals surface area contributed by atoms with Crippen LogP contribution in [0.3, 0.4) is 0 Å². The Morgan fingerprint density at radius 2 is 2.00 bits per heavy atom. The van der Waals surface area contributed by atoms with Crippen molar-refractivity contribution in [1.29, 1.82) is 0 Å². The van der Waals surface area contributed by atoms with Crippen LogP contribution in [0.25, 0.3) is 0 Å². The fraction of sp³-hybridized carbons (Fsp3) is 0.412. The third-order valence-corrected chi connectivity index (χ3v) is 6.91. The van der Waals surface area contributed by atoms with Crippen molar-refractivity contribution in [3.8, 4) is 5.75 Å². The summed E-state index contributed by atoms with van der Waals surface area (Å²) < 4.78 is 34.4. The van der Waals surface area contributed by atoms with Crippen molar-refractivity contribution in [2.45, 2.75) is 11.4 Å². The molecule has 146 valence electrons. The molecular formula is C17H21BrN4O4S. The first kappa shape index (κ1) is 19.8. The molecule has 0 radical (unpaired) electrons. The minimum absolute atomic E-state index is 0.0281. The van der Waals surface area contributed by atoms with Crippen molar-refractivity contribution in [3.05, 3.63) is 40.8 Å². The van der Waals surface area contributed by atoms with Crippen LogP contribution in [0.4, 0.5) is 0 Å². The molecule has 0 spiro atoms. The van der Waals surface area contributed by atoms with Gasteiger partial charge < -0.3 is 14.2 Å². The maximum atomic E-state index is 12.9. The summed E-state index contributed by atoms with van der Waals surface area (Å²) in [7, 11) is -0.394. The Bertz CT molecular complexity index is 944. The van der Waals surface area contributed by atoms with Crippen LogP contribution in [0.1, 0.15) is 16.8 Å². The first-order chi connectivity index (χ1) is 12.8. The number of carbonyl (C=O) groups is 1. The number of amides is 1. The van der Waals surface area contributed by atoms with Gasteiger partial charge in [-0.1, -0.05) is 0 Å². The number of aryl methyl sites for hydroxylation is 1. The third kappa shape index (κ3) is 4.17. The van der Waals surface area contributed by atoms with E-state index in [4.69, 9.17) is 4.74 Å². The van der Waals surface area contributed by atoms with Gasteiger partial charge in [-0.2, -0.15) is 4.31 Å². The summed E-state index contributed by atoms with van der Waals surface area (Å²) >= 11 is 3.40. The highest BCUT2D eigenvalue weighted by Gasteiger charge is 2.30. The average molecular weight is 457 g/mol. The van der Waals surface area contributed by atoms with Crippen molar-refractivity contribution in [3.63, 3.8) is 0 Å². The van der Waals surface area contributed by atoms with E-state index in [0.29, 0.717) is 41.8 Å². The van der Waals surface area contributed by atoms with Gasteiger partial charge in [-0.05, 0) is 40.5 Å². The Labute approximate surface area is 166 Å².